The largest absolute Gasteiger partial charge is 0.494 e. The molecule has 3 rings (SSSR count). The molecule has 1 fully saturated rings. The molecule has 0 spiro atoms. The van der Waals surface area contributed by atoms with Crippen molar-refractivity contribution in [3.8, 4) is 5.75 Å². The van der Waals surface area contributed by atoms with E-state index in [9.17, 15) is 5.11 Å². The molecule has 0 amide bonds. The third-order valence-corrected chi connectivity index (χ3v) is 4.93. The van der Waals surface area contributed by atoms with Gasteiger partial charge in [-0.15, -0.1) is 0 Å². The van der Waals surface area contributed by atoms with E-state index in [1.165, 1.54) is 5.56 Å². The summed E-state index contributed by atoms with van der Waals surface area (Å²) in [6.07, 6.45) is 1.77. The highest BCUT2D eigenvalue weighted by atomic mass is 35.5. The van der Waals surface area contributed by atoms with Crippen molar-refractivity contribution in [2.75, 3.05) is 6.61 Å². The van der Waals surface area contributed by atoms with Crippen LogP contribution in [-0.2, 0) is 11.2 Å². The average molecular weight is 391 g/mol. The van der Waals surface area contributed by atoms with Crippen molar-refractivity contribution in [1.82, 2.24) is 0 Å². The van der Waals surface area contributed by atoms with Crippen LogP contribution in [0.4, 0.5) is 0 Å². The van der Waals surface area contributed by atoms with Gasteiger partial charge in [0.05, 0.1) is 24.9 Å². The van der Waals surface area contributed by atoms with Crippen LogP contribution >= 0.6 is 11.6 Å². The van der Waals surface area contributed by atoms with Gasteiger partial charge in [-0.25, -0.2) is 0 Å². The molecule has 1 aliphatic rings. The monoisotopic (exact) mass is 390 g/mol. The lowest BCUT2D eigenvalue weighted by atomic mass is 9.94. The maximum atomic E-state index is 10.0. The van der Waals surface area contributed by atoms with Crippen LogP contribution < -0.4 is 4.74 Å². The lowest BCUT2D eigenvalue weighted by Gasteiger charge is -2.31. The van der Waals surface area contributed by atoms with Crippen LogP contribution in [0.3, 0.4) is 0 Å². The smallest absolute Gasteiger partial charge is 0.119 e. The second-order valence-corrected chi connectivity index (χ2v) is 7.07. The molecule has 148 valence electrons. The molecule has 3 atom stereocenters. The van der Waals surface area contributed by atoms with Crippen molar-refractivity contribution >= 4 is 11.6 Å². The number of aliphatic hydroxyl groups excluding tert-OH is 1. The van der Waals surface area contributed by atoms with Crippen LogP contribution in [0.1, 0.15) is 63.3 Å². The fraction of sp³-hybridized carbons (Fsp3) is 0.478. The molecule has 0 bridgehead atoms. The summed E-state index contributed by atoms with van der Waals surface area (Å²) in [7, 11) is 0. The van der Waals surface area contributed by atoms with Crippen LogP contribution in [0, 0.1) is 0 Å². The average Bonchev–Trinajstić information content (AvgIpc) is 2.66. The fourth-order valence-corrected chi connectivity index (χ4v) is 3.54. The Hall–Kier alpha value is -1.55. The Bertz CT molecular complexity index is 689. The van der Waals surface area contributed by atoms with E-state index in [-0.39, 0.29) is 18.3 Å². The maximum Gasteiger partial charge on any atom is 0.119 e. The molecule has 0 aromatic heterocycles. The Balaban J connectivity index is 0.00000126. The van der Waals surface area contributed by atoms with Gasteiger partial charge in [-0.2, -0.15) is 0 Å². The summed E-state index contributed by atoms with van der Waals surface area (Å²) >= 11 is 6.41. The highest BCUT2D eigenvalue weighted by Gasteiger charge is 2.27. The fourth-order valence-electron chi connectivity index (χ4n) is 3.35. The second kappa shape index (κ2) is 10.7. The van der Waals surface area contributed by atoms with Crippen molar-refractivity contribution in [3.63, 3.8) is 0 Å². The van der Waals surface area contributed by atoms with Gasteiger partial charge in [0.15, 0.2) is 0 Å². The number of rotatable bonds is 5. The van der Waals surface area contributed by atoms with E-state index in [0.717, 1.165) is 28.3 Å². The Labute approximate surface area is 168 Å². The summed E-state index contributed by atoms with van der Waals surface area (Å²) in [5, 5.41) is 10.8. The standard InChI is InChI=1S/C21H25ClO3.C2H6/c1-3-24-19-7-4-15(5-8-19)11-17-12-16(6-9-20(17)22)21-13-18(23)10-14(2)25-21;1-2/h4-9,12,14,18,21,23H,3,10-11,13H2,1-2H3;1-2H3/t14-,18+,21-;/m1./s1. The minimum absolute atomic E-state index is 0.0685. The van der Waals surface area contributed by atoms with Gasteiger partial charge in [-0.1, -0.05) is 49.7 Å². The first-order valence-electron chi connectivity index (χ1n) is 9.88. The minimum Gasteiger partial charge on any atom is -0.494 e. The number of benzene rings is 2. The second-order valence-electron chi connectivity index (χ2n) is 6.67. The molecular weight excluding hydrogens is 360 g/mol. The molecule has 4 heteroatoms. The lowest BCUT2D eigenvalue weighted by molar-refractivity contribution is -0.0895. The van der Waals surface area contributed by atoms with E-state index in [1.807, 2.05) is 52.0 Å². The zero-order valence-corrected chi connectivity index (χ0v) is 17.5. The zero-order valence-electron chi connectivity index (χ0n) is 16.7. The van der Waals surface area contributed by atoms with Crippen LogP contribution in [0.15, 0.2) is 42.5 Å². The molecular formula is C23H31ClO3. The van der Waals surface area contributed by atoms with Gasteiger partial charge in [-0.3, -0.25) is 0 Å². The summed E-state index contributed by atoms with van der Waals surface area (Å²) in [5.41, 5.74) is 3.33. The van der Waals surface area contributed by atoms with Gasteiger partial charge in [0, 0.05) is 11.4 Å². The highest BCUT2D eigenvalue weighted by molar-refractivity contribution is 6.31. The first-order chi connectivity index (χ1) is 13.0. The maximum absolute atomic E-state index is 10.0. The number of ether oxygens (including phenoxy) is 2. The molecule has 0 radical (unpaired) electrons. The number of aliphatic hydroxyl groups is 1. The van der Waals surface area contributed by atoms with E-state index in [4.69, 9.17) is 21.1 Å². The summed E-state index contributed by atoms with van der Waals surface area (Å²) in [4.78, 5) is 0. The lowest BCUT2D eigenvalue weighted by Crippen LogP contribution is -2.29. The molecule has 2 aromatic carbocycles. The molecule has 0 unspecified atom stereocenters. The van der Waals surface area contributed by atoms with Crippen LogP contribution in [0.25, 0.3) is 0 Å². The van der Waals surface area contributed by atoms with E-state index in [0.29, 0.717) is 19.4 Å². The SMILES string of the molecule is CC.CCOc1ccc(Cc2cc([C@H]3C[C@@H](O)C[C@@H](C)O3)ccc2Cl)cc1. The molecule has 3 nitrogen and oxygen atoms in total. The summed E-state index contributed by atoms with van der Waals surface area (Å²) < 4.78 is 11.5. The molecule has 2 aromatic rings. The quantitative estimate of drug-likeness (QED) is 0.684. The Kier molecular flexibility index (Phi) is 8.62. The molecule has 0 saturated carbocycles. The van der Waals surface area contributed by atoms with Crippen LogP contribution in [0.2, 0.25) is 5.02 Å². The van der Waals surface area contributed by atoms with Crippen molar-refractivity contribution in [3.05, 3.63) is 64.2 Å². The molecule has 0 aliphatic carbocycles. The van der Waals surface area contributed by atoms with E-state index in [2.05, 4.69) is 18.2 Å². The first kappa shape index (κ1) is 21.7. The van der Waals surface area contributed by atoms with Gasteiger partial charge in [0.1, 0.15) is 5.75 Å². The third-order valence-electron chi connectivity index (χ3n) is 4.56. The molecule has 1 saturated heterocycles. The van der Waals surface area contributed by atoms with Crippen LogP contribution in [-0.4, -0.2) is 23.9 Å². The number of hydrogen-bond acceptors (Lipinski definition) is 3. The Morgan fingerprint density at radius 3 is 2.44 bits per heavy atom. The third kappa shape index (κ3) is 6.24. The molecule has 27 heavy (non-hydrogen) atoms. The minimum atomic E-state index is -0.306. The molecule has 1 heterocycles. The number of halogens is 1. The Morgan fingerprint density at radius 1 is 1.11 bits per heavy atom. The van der Waals surface area contributed by atoms with E-state index in [1.54, 1.807) is 0 Å². The predicted molar refractivity (Wildman–Crippen MR) is 112 cm³/mol. The number of hydrogen-bond donors (Lipinski definition) is 1. The van der Waals surface area contributed by atoms with Crippen molar-refractivity contribution in [2.24, 2.45) is 0 Å². The van der Waals surface area contributed by atoms with Crippen LogP contribution in [0.5, 0.6) is 5.75 Å². The molecule has 1 N–H and O–H groups in total. The predicted octanol–water partition coefficient (Wildman–Crippen LogP) is 5.96. The topological polar surface area (TPSA) is 38.7 Å². The normalized spacial score (nSPS) is 21.9. The van der Waals surface area contributed by atoms with Gasteiger partial charge in [0.2, 0.25) is 0 Å². The van der Waals surface area contributed by atoms with Gasteiger partial charge in [0.25, 0.3) is 0 Å². The summed E-state index contributed by atoms with van der Waals surface area (Å²) in [5.74, 6) is 0.879. The van der Waals surface area contributed by atoms with Gasteiger partial charge in [-0.05, 0) is 61.6 Å². The first-order valence-corrected chi connectivity index (χ1v) is 10.3. The summed E-state index contributed by atoms with van der Waals surface area (Å²) in [6.45, 7) is 8.65. The zero-order chi connectivity index (χ0) is 19.8. The van der Waals surface area contributed by atoms with Crippen molar-refractivity contribution < 1.29 is 14.6 Å². The van der Waals surface area contributed by atoms with E-state index < -0.39 is 0 Å². The van der Waals surface area contributed by atoms with Crippen molar-refractivity contribution in [1.29, 1.82) is 0 Å². The van der Waals surface area contributed by atoms with Gasteiger partial charge >= 0.3 is 0 Å². The summed E-state index contributed by atoms with van der Waals surface area (Å²) in [6, 6.07) is 14.1. The highest BCUT2D eigenvalue weighted by Crippen LogP contribution is 2.33. The molecule has 1 aliphatic heterocycles. The van der Waals surface area contributed by atoms with Gasteiger partial charge < -0.3 is 14.6 Å². The van der Waals surface area contributed by atoms with E-state index >= 15 is 0 Å². The van der Waals surface area contributed by atoms with Crippen molar-refractivity contribution in [2.45, 2.75) is 65.3 Å². The Morgan fingerprint density at radius 2 is 1.81 bits per heavy atom.